The molecule has 0 atom stereocenters. The molecule has 0 unspecified atom stereocenters. The molecular weight excluding hydrogens is 258 g/mol. The molecule has 0 aliphatic carbocycles. The average molecular weight is 269 g/mol. The zero-order chi connectivity index (χ0) is 8.97. The molecule has 0 bridgehead atoms. The largest absolute Gasteiger partial charge is 0.296 e. The van der Waals surface area contributed by atoms with Gasteiger partial charge in [-0.3, -0.25) is 4.90 Å². The molecule has 68 valence electrons. The van der Waals surface area contributed by atoms with Crippen LogP contribution in [-0.4, -0.2) is 23.9 Å². The van der Waals surface area contributed by atoms with Crippen LogP contribution < -0.4 is 0 Å². The lowest BCUT2D eigenvalue weighted by molar-refractivity contribution is 0.402. The van der Waals surface area contributed by atoms with Crippen LogP contribution >= 0.6 is 38.9 Å². The highest BCUT2D eigenvalue weighted by Crippen LogP contribution is 2.21. The first-order valence-electron chi connectivity index (χ1n) is 3.71. The van der Waals surface area contributed by atoms with Gasteiger partial charge in [0.25, 0.3) is 0 Å². The van der Waals surface area contributed by atoms with Gasteiger partial charge in [-0.05, 0) is 25.6 Å². The Morgan fingerprint density at radius 3 is 2.83 bits per heavy atom. The number of nitrogens with zero attached hydrogens (tertiary/aromatic N) is 1. The number of likely N-dealkylation sites (N-methyl/N-ethyl adjacent to an activating group) is 1. The van der Waals surface area contributed by atoms with E-state index in [-0.39, 0.29) is 0 Å². The van der Waals surface area contributed by atoms with Crippen LogP contribution in [-0.2, 0) is 6.42 Å². The maximum Gasteiger partial charge on any atom is 0.0931 e. The minimum Gasteiger partial charge on any atom is -0.296 e. The molecule has 0 saturated carbocycles. The van der Waals surface area contributed by atoms with Gasteiger partial charge in [0.05, 0.1) is 9.79 Å². The highest BCUT2D eigenvalue weighted by molar-refractivity contribution is 9.09. The first-order valence-corrected chi connectivity index (χ1v) is 6.02. The van der Waals surface area contributed by atoms with Crippen molar-refractivity contribution >= 4 is 38.9 Å². The highest BCUT2D eigenvalue weighted by Gasteiger charge is 1.99. The van der Waals surface area contributed by atoms with E-state index in [1.54, 1.807) is 11.3 Å². The maximum atomic E-state index is 5.81. The van der Waals surface area contributed by atoms with Gasteiger partial charge in [0.2, 0.25) is 0 Å². The van der Waals surface area contributed by atoms with Crippen LogP contribution in [0.2, 0.25) is 4.34 Å². The fourth-order valence-corrected chi connectivity index (χ4v) is 2.17. The molecule has 1 nitrogen and oxygen atoms in total. The molecule has 0 amide bonds. The summed E-state index contributed by atoms with van der Waals surface area (Å²) in [7, 11) is 2.09. The lowest BCUT2D eigenvalue weighted by Crippen LogP contribution is -2.18. The fraction of sp³-hybridized carbons (Fsp3) is 0.500. The van der Waals surface area contributed by atoms with E-state index >= 15 is 0 Å². The van der Waals surface area contributed by atoms with Gasteiger partial charge in [0, 0.05) is 11.4 Å². The van der Waals surface area contributed by atoms with Crippen LogP contribution in [0.4, 0.5) is 0 Å². The summed E-state index contributed by atoms with van der Waals surface area (Å²) in [5.74, 6) is 0. The second kappa shape index (κ2) is 5.22. The van der Waals surface area contributed by atoms with E-state index in [1.807, 2.05) is 6.07 Å². The minimum absolute atomic E-state index is 0.881. The molecule has 0 aromatic carbocycles. The van der Waals surface area contributed by atoms with Gasteiger partial charge in [-0.1, -0.05) is 27.5 Å². The molecule has 4 heteroatoms. The number of rotatable bonds is 4. The van der Waals surface area contributed by atoms with Crippen molar-refractivity contribution in [3.8, 4) is 0 Å². The Morgan fingerprint density at radius 1 is 1.58 bits per heavy atom. The molecule has 1 heterocycles. The van der Waals surface area contributed by atoms with Crippen molar-refractivity contribution in [3.05, 3.63) is 21.3 Å². The molecular formula is C8H11BrClNS. The van der Waals surface area contributed by atoms with Crippen molar-refractivity contribution in [3.63, 3.8) is 0 Å². The number of hydrogen-bond donors (Lipinski definition) is 0. The number of halogens is 2. The summed E-state index contributed by atoms with van der Waals surface area (Å²) in [4.78, 5) is 3.57. The Balaban J connectivity index is 2.33. The van der Waals surface area contributed by atoms with E-state index in [0.29, 0.717) is 0 Å². The van der Waals surface area contributed by atoms with E-state index in [0.717, 1.165) is 22.8 Å². The standard InChI is InChI=1S/C8H11BrClNS/c1-11(6-9)5-4-7-2-3-8(10)12-7/h2-3H,4-6H2,1H3. The minimum atomic E-state index is 0.881. The first-order chi connectivity index (χ1) is 5.72. The van der Waals surface area contributed by atoms with E-state index in [1.165, 1.54) is 4.88 Å². The lowest BCUT2D eigenvalue weighted by atomic mass is 10.3. The Hall–Kier alpha value is 0.430. The molecule has 0 spiro atoms. The molecule has 0 fully saturated rings. The summed E-state index contributed by atoms with van der Waals surface area (Å²) in [6.07, 6.45) is 1.08. The number of hydrogen-bond acceptors (Lipinski definition) is 2. The predicted octanol–water partition coefficient (Wildman–Crippen LogP) is 3.23. The SMILES string of the molecule is CN(CBr)CCc1ccc(Cl)s1. The van der Waals surface area contributed by atoms with E-state index < -0.39 is 0 Å². The maximum absolute atomic E-state index is 5.81. The van der Waals surface area contributed by atoms with Crippen molar-refractivity contribution in [2.24, 2.45) is 0 Å². The van der Waals surface area contributed by atoms with Gasteiger partial charge in [-0.15, -0.1) is 11.3 Å². The van der Waals surface area contributed by atoms with Gasteiger partial charge in [0.1, 0.15) is 0 Å². The monoisotopic (exact) mass is 267 g/mol. The van der Waals surface area contributed by atoms with Gasteiger partial charge >= 0.3 is 0 Å². The topological polar surface area (TPSA) is 3.24 Å². The van der Waals surface area contributed by atoms with E-state index in [4.69, 9.17) is 11.6 Å². The number of alkyl halides is 1. The van der Waals surface area contributed by atoms with Gasteiger partial charge in [0.15, 0.2) is 0 Å². The Bertz CT molecular complexity index is 239. The van der Waals surface area contributed by atoms with Gasteiger partial charge < -0.3 is 0 Å². The molecule has 1 aromatic heterocycles. The van der Waals surface area contributed by atoms with Crippen molar-refractivity contribution in [1.82, 2.24) is 4.90 Å². The Labute approximate surface area is 90.5 Å². The molecule has 12 heavy (non-hydrogen) atoms. The van der Waals surface area contributed by atoms with Crippen LogP contribution in [0.15, 0.2) is 12.1 Å². The van der Waals surface area contributed by atoms with Crippen molar-refractivity contribution in [2.75, 3.05) is 19.0 Å². The van der Waals surface area contributed by atoms with Crippen LogP contribution in [0.25, 0.3) is 0 Å². The van der Waals surface area contributed by atoms with E-state index in [2.05, 4.69) is 33.9 Å². The Morgan fingerprint density at radius 2 is 2.33 bits per heavy atom. The van der Waals surface area contributed by atoms with Gasteiger partial charge in [-0.2, -0.15) is 0 Å². The summed E-state index contributed by atoms with van der Waals surface area (Å²) in [6, 6.07) is 4.05. The van der Waals surface area contributed by atoms with E-state index in [9.17, 15) is 0 Å². The Kier molecular flexibility index (Phi) is 4.57. The summed E-state index contributed by atoms with van der Waals surface area (Å²) in [5, 5.41) is 0. The number of thiophene rings is 1. The predicted molar refractivity (Wildman–Crippen MR) is 59.5 cm³/mol. The van der Waals surface area contributed by atoms with Gasteiger partial charge in [-0.25, -0.2) is 0 Å². The molecule has 0 radical (unpaired) electrons. The lowest BCUT2D eigenvalue weighted by Gasteiger charge is -2.10. The third kappa shape index (κ3) is 3.44. The van der Waals surface area contributed by atoms with Crippen molar-refractivity contribution in [1.29, 1.82) is 0 Å². The first kappa shape index (κ1) is 10.5. The van der Waals surface area contributed by atoms with Crippen LogP contribution in [0.5, 0.6) is 0 Å². The molecule has 1 rings (SSSR count). The van der Waals surface area contributed by atoms with Crippen molar-refractivity contribution < 1.29 is 0 Å². The zero-order valence-electron chi connectivity index (χ0n) is 6.89. The molecule has 1 aromatic rings. The quantitative estimate of drug-likeness (QED) is 0.599. The molecule has 0 saturated heterocycles. The fourth-order valence-electron chi connectivity index (χ4n) is 0.847. The molecule has 0 aliphatic heterocycles. The zero-order valence-corrected chi connectivity index (χ0v) is 10.0. The third-order valence-electron chi connectivity index (χ3n) is 1.57. The average Bonchev–Trinajstić information content (AvgIpc) is 2.47. The summed E-state index contributed by atoms with van der Waals surface area (Å²) in [6.45, 7) is 1.07. The summed E-state index contributed by atoms with van der Waals surface area (Å²) >= 11 is 10.9. The normalized spacial score (nSPS) is 11.0. The van der Waals surface area contributed by atoms with Crippen LogP contribution in [0, 0.1) is 0 Å². The highest BCUT2D eigenvalue weighted by atomic mass is 79.9. The van der Waals surface area contributed by atoms with Crippen LogP contribution in [0.1, 0.15) is 4.88 Å². The summed E-state index contributed by atoms with van der Waals surface area (Å²) in [5.41, 5.74) is 0.923. The second-order valence-electron chi connectivity index (χ2n) is 2.66. The smallest absolute Gasteiger partial charge is 0.0931 e. The second-order valence-corrected chi connectivity index (χ2v) is 4.96. The van der Waals surface area contributed by atoms with Crippen LogP contribution in [0.3, 0.4) is 0 Å². The van der Waals surface area contributed by atoms with Crippen molar-refractivity contribution in [2.45, 2.75) is 6.42 Å². The summed E-state index contributed by atoms with van der Waals surface area (Å²) < 4.78 is 0.881. The molecule has 0 N–H and O–H groups in total. The third-order valence-corrected chi connectivity index (χ3v) is 3.72. The molecule has 0 aliphatic rings.